The van der Waals surface area contributed by atoms with Crippen LogP contribution < -0.4 is 5.73 Å². The number of halogens is 2. The minimum absolute atomic E-state index is 0.191. The maximum Gasteiger partial charge on any atom is 0.248 e. The van der Waals surface area contributed by atoms with Gasteiger partial charge >= 0.3 is 0 Å². The van der Waals surface area contributed by atoms with Crippen LogP contribution in [0.3, 0.4) is 0 Å². The van der Waals surface area contributed by atoms with E-state index in [2.05, 4.69) is 0 Å². The molecular weight excluding hydrogens is 228 g/mol. The Morgan fingerprint density at radius 2 is 1.59 bits per heavy atom. The lowest BCUT2D eigenvalue weighted by molar-refractivity contribution is -0.113. The maximum absolute atomic E-state index is 13.2. The van der Waals surface area contributed by atoms with E-state index >= 15 is 0 Å². The van der Waals surface area contributed by atoms with Crippen molar-refractivity contribution in [2.45, 2.75) is 62.0 Å². The molecule has 0 radical (unpaired) electrons. The molecular formula is C12H21F2NO2. The van der Waals surface area contributed by atoms with Gasteiger partial charge in [-0.3, -0.25) is 0 Å². The fraction of sp³-hybridized carbons (Fsp3) is 1.00. The van der Waals surface area contributed by atoms with Crippen molar-refractivity contribution >= 4 is 0 Å². The van der Waals surface area contributed by atoms with E-state index in [4.69, 9.17) is 10.5 Å². The Labute approximate surface area is 100 Å². The van der Waals surface area contributed by atoms with Crippen LogP contribution in [0, 0.1) is 0 Å². The first-order chi connectivity index (χ1) is 7.87. The third-order valence-electron chi connectivity index (χ3n) is 4.34. The maximum atomic E-state index is 13.2. The van der Waals surface area contributed by atoms with Crippen molar-refractivity contribution in [3.8, 4) is 0 Å². The molecule has 1 heterocycles. The molecule has 100 valence electrons. The third kappa shape index (κ3) is 2.61. The molecule has 0 amide bonds. The monoisotopic (exact) mass is 249 g/mol. The van der Waals surface area contributed by atoms with Crippen LogP contribution in [-0.2, 0) is 4.74 Å². The Bertz CT molecular complexity index is 266. The Hall–Kier alpha value is -0.260. The summed E-state index contributed by atoms with van der Waals surface area (Å²) in [5.74, 6) is -2.61. The van der Waals surface area contributed by atoms with Crippen molar-refractivity contribution in [3.05, 3.63) is 0 Å². The van der Waals surface area contributed by atoms with E-state index in [1.807, 2.05) is 0 Å². The van der Waals surface area contributed by atoms with Crippen LogP contribution in [0.15, 0.2) is 0 Å². The van der Waals surface area contributed by atoms with E-state index in [9.17, 15) is 13.9 Å². The van der Waals surface area contributed by atoms with Gasteiger partial charge in [-0.1, -0.05) is 0 Å². The van der Waals surface area contributed by atoms with Crippen LogP contribution in [0.4, 0.5) is 8.78 Å². The molecule has 2 rings (SSSR count). The summed E-state index contributed by atoms with van der Waals surface area (Å²) in [5, 5.41) is 10.7. The lowest BCUT2D eigenvalue weighted by atomic mass is 9.67. The molecule has 3 N–H and O–H groups in total. The second-order valence-electron chi connectivity index (χ2n) is 5.51. The predicted molar refractivity (Wildman–Crippen MR) is 60.0 cm³/mol. The number of hydrogen-bond donors (Lipinski definition) is 2. The van der Waals surface area contributed by atoms with Gasteiger partial charge in [-0.15, -0.1) is 0 Å². The first-order valence-electron chi connectivity index (χ1n) is 6.34. The summed E-state index contributed by atoms with van der Waals surface area (Å²) in [6.45, 7) is 1.08. The first kappa shape index (κ1) is 13.2. The number of alkyl halides is 2. The van der Waals surface area contributed by atoms with Crippen LogP contribution in [0.1, 0.15) is 44.9 Å². The van der Waals surface area contributed by atoms with Gasteiger partial charge in [0.2, 0.25) is 5.92 Å². The molecule has 0 bridgehead atoms. The fourth-order valence-electron chi connectivity index (χ4n) is 2.96. The molecule has 0 aromatic carbocycles. The molecule has 0 spiro atoms. The van der Waals surface area contributed by atoms with Crippen molar-refractivity contribution in [3.63, 3.8) is 0 Å². The van der Waals surface area contributed by atoms with E-state index < -0.39 is 17.1 Å². The van der Waals surface area contributed by atoms with E-state index in [-0.39, 0.29) is 25.7 Å². The molecule has 0 aromatic heterocycles. The summed E-state index contributed by atoms with van der Waals surface area (Å²) in [7, 11) is 0. The van der Waals surface area contributed by atoms with Crippen molar-refractivity contribution in [1.82, 2.24) is 0 Å². The quantitative estimate of drug-likeness (QED) is 0.745. The van der Waals surface area contributed by atoms with E-state index in [1.54, 1.807) is 0 Å². The summed E-state index contributed by atoms with van der Waals surface area (Å²) in [5.41, 5.74) is 4.31. The molecule has 0 aromatic rings. The van der Waals surface area contributed by atoms with Crippen molar-refractivity contribution in [2.75, 3.05) is 13.2 Å². The molecule has 1 unspecified atom stereocenters. The van der Waals surface area contributed by atoms with Gasteiger partial charge in [0, 0.05) is 38.0 Å². The minimum atomic E-state index is -2.61. The van der Waals surface area contributed by atoms with Gasteiger partial charge in [-0.25, -0.2) is 8.78 Å². The summed E-state index contributed by atoms with van der Waals surface area (Å²) in [6.07, 6.45) is 1.70. The van der Waals surface area contributed by atoms with Gasteiger partial charge in [0.1, 0.15) is 0 Å². The molecule has 1 aliphatic carbocycles. The van der Waals surface area contributed by atoms with Gasteiger partial charge in [-0.05, 0) is 25.7 Å². The lowest BCUT2D eigenvalue weighted by Gasteiger charge is -2.48. The average molecular weight is 249 g/mol. The molecule has 1 saturated heterocycles. The number of nitrogens with two attached hydrogens (primary N) is 1. The second kappa shape index (κ2) is 4.44. The standard InChI is InChI=1S/C12H21F2NO2/c13-12(14)5-3-10(15,4-6-12)11(16)2-1-8-17-9-7-11/h16H,1-9,15H2. The summed E-state index contributed by atoms with van der Waals surface area (Å²) >= 11 is 0. The molecule has 2 fully saturated rings. The van der Waals surface area contributed by atoms with Crippen LogP contribution in [-0.4, -0.2) is 35.4 Å². The third-order valence-corrected chi connectivity index (χ3v) is 4.34. The van der Waals surface area contributed by atoms with Gasteiger partial charge in [0.15, 0.2) is 0 Å². The topological polar surface area (TPSA) is 55.5 Å². The highest BCUT2D eigenvalue weighted by Gasteiger charge is 2.52. The van der Waals surface area contributed by atoms with Crippen LogP contribution >= 0.6 is 0 Å². The lowest BCUT2D eigenvalue weighted by Crippen LogP contribution is -2.63. The van der Waals surface area contributed by atoms with Gasteiger partial charge in [0.05, 0.1) is 5.60 Å². The average Bonchev–Trinajstić information content (AvgIpc) is 2.49. The van der Waals surface area contributed by atoms with Gasteiger partial charge in [-0.2, -0.15) is 0 Å². The zero-order valence-corrected chi connectivity index (χ0v) is 10.1. The summed E-state index contributed by atoms with van der Waals surface area (Å²) in [6, 6.07) is 0. The molecule has 3 nitrogen and oxygen atoms in total. The van der Waals surface area contributed by atoms with Gasteiger partial charge in [0.25, 0.3) is 0 Å². The Morgan fingerprint density at radius 1 is 0.941 bits per heavy atom. The number of ether oxygens (including phenoxy) is 1. The SMILES string of the molecule is NC1(C2(O)CCCOCC2)CCC(F)(F)CC1. The number of hydrogen-bond acceptors (Lipinski definition) is 3. The first-order valence-corrected chi connectivity index (χ1v) is 6.34. The van der Waals surface area contributed by atoms with Crippen molar-refractivity contribution in [1.29, 1.82) is 0 Å². The van der Waals surface area contributed by atoms with E-state index in [0.717, 1.165) is 6.42 Å². The van der Waals surface area contributed by atoms with Crippen molar-refractivity contribution in [2.24, 2.45) is 5.73 Å². The predicted octanol–water partition coefficient (Wildman–Crippen LogP) is 1.82. The van der Waals surface area contributed by atoms with Crippen LogP contribution in [0.25, 0.3) is 0 Å². The zero-order valence-electron chi connectivity index (χ0n) is 10.1. The smallest absolute Gasteiger partial charge is 0.248 e. The molecule has 1 atom stereocenters. The Morgan fingerprint density at radius 3 is 2.24 bits per heavy atom. The number of aliphatic hydroxyl groups is 1. The molecule has 5 heteroatoms. The Balaban J connectivity index is 2.09. The minimum Gasteiger partial charge on any atom is -0.388 e. The fourth-order valence-corrected chi connectivity index (χ4v) is 2.96. The second-order valence-corrected chi connectivity index (χ2v) is 5.51. The van der Waals surface area contributed by atoms with Crippen molar-refractivity contribution < 1.29 is 18.6 Å². The van der Waals surface area contributed by atoms with Crippen LogP contribution in [0.2, 0.25) is 0 Å². The molecule has 17 heavy (non-hydrogen) atoms. The van der Waals surface area contributed by atoms with Gasteiger partial charge < -0.3 is 15.6 Å². The summed E-state index contributed by atoms with van der Waals surface area (Å²) < 4.78 is 31.6. The largest absolute Gasteiger partial charge is 0.388 e. The normalized spacial score (nSPS) is 37.4. The molecule has 1 saturated carbocycles. The zero-order chi connectivity index (χ0) is 12.6. The number of rotatable bonds is 1. The highest BCUT2D eigenvalue weighted by atomic mass is 19.3. The summed E-state index contributed by atoms with van der Waals surface area (Å²) in [4.78, 5) is 0. The molecule has 1 aliphatic heterocycles. The Kier molecular flexibility index (Phi) is 3.45. The van der Waals surface area contributed by atoms with E-state index in [1.165, 1.54) is 0 Å². The van der Waals surface area contributed by atoms with E-state index in [0.29, 0.717) is 26.1 Å². The molecule has 2 aliphatic rings. The van der Waals surface area contributed by atoms with Crippen LogP contribution in [0.5, 0.6) is 0 Å². The highest BCUT2D eigenvalue weighted by molar-refractivity contribution is 5.07. The highest BCUT2D eigenvalue weighted by Crippen LogP contribution is 2.45.